The molecule has 3 N–H and O–H groups in total. The molecule has 0 aromatic rings. The Bertz CT molecular complexity index is 211. The molecule has 0 spiro atoms. The zero-order valence-corrected chi connectivity index (χ0v) is 10.3. The molecule has 1 saturated carbocycles. The van der Waals surface area contributed by atoms with Crippen molar-refractivity contribution in [1.29, 1.82) is 0 Å². The van der Waals surface area contributed by atoms with Crippen LogP contribution in [0.3, 0.4) is 0 Å². The molecule has 0 radical (unpaired) electrons. The Kier molecular flexibility index (Phi) is 4.43. The van der Waals surface area contributed by atoms with E-state index in [4.69, 9.17) is 5.73 Å². The first-order chi connectivity index (χ1) is 7.08. The molecular weight excluding hydrogens is 186 g/mol. The third-order valence-electron chi connectivity index (χ3n) is 3.44. The Labute approximate surface area is 93.5 Å². The number of nitrogens with zero attached hydrogens (tertiary/aromatic N) is 1. The van der Waals surface area contributed by atoms with E-state index in [1.165, 1.54) is 25.7 Å². The van der Waals surface area contributed by atoms with E-state index in [9.17, 15) is 0 Å². The van der Waals surface area contributed by atoms with Gasteiger partial charge >= 0.3 is 0 Å². The quantitative estimate of drug-likeness (QED) is 0.540. The number of hydrogen-bond acceptors (Lipinski definition) is 1. The minimum Gasteiger partial charge on any atom is -0.370 e. The number of rotatable bonds is 5. The van der Waals surface area contributed by atoms with Crippen LogP contribution in [0.2, 0.25) is 0 Å². The molecule has 0 bridgehead atoms. The minimum absolute atomic E-state index is 0.476. The van der Waals surface area contributed by atoms with E-state index < -0.39 is 0 Å². The van der Waals surface area contributed by atoms with Crippen LogP contribution < -0.4 is 11.1 Å². The van der Waals surface area contributed by atoms with Crippen molar-refractivity contribution in [1.82, 2.24) is 5.32 Å². The van der Waals surface area contributed by atoms with Crippen LogP contribution >= 0.6 is 0 Å². The highest BCUT2D eigenvalue weighted by atomic mass is 15.1. The van der Waals surface area contributed by atoms with Gasteiger partial charge in [0.1, 0.15) is 0 Å². The van der Waals surface area contributed by atoms with Crippen molar-refractivity contribution >= 4 is 5.96 Å². The van der Waals surface area contributed by atoms with Crippen LogP contribution in [0.4, 0.5) is 0 Å². The summed E-state index contributed by atoms with van der Waals surface area (Å²) in [5.41, 5.74) is 6.28. The van der Waals surface area contributed by atoms with Crippen molar-refractivity contribution in [3.63, 3.8) is 0 Å². The van der Waals surface area contributed by atoms with Crippen molar-refractivity contribution in [3.8, 4) is 0 Å². The third kappa shape index (κ3) is 3.73. The van der Waals surface area contributed by atoms with Gasteiger partial charge in [-0.2, -0.15) is 0 Å². The highest BCUT2D eigenvalue weighted by Gasteiger charge is 2.34. The summed E-state index contributed by atoms with van der Waals surface area (Å²) in [5.74, 6) is 1.23. The van der Waals surface area contributed by atoms with Crippen molar-refractivity contribution < 1.29 is 0 Å². The van der Waals surface area contributed by atoms with Gasteiger partial charge in [-0.15, -0.1) is 0 Å². The third-order valence-corrected chi connectivity index (χ3v) is 3.44. The summed E-state index contributed by atoms with van der Waals surface area (Å²) in [6, 6.07) is 0. The van der Waals surface area contributed by atoms with Crippen LogP contribution in [0.5, 0.6) is 0 Å². The number of nitrogens with one attached hydrogen (secondary N) is 1. The average molecular weight is 211 g/mol. The second kappa shape index (κ2) is 5.38. The first-order valence-corrected chi connectivity index (χ1v) is 6.12. The molecule has 0 aromatic heterocycles. The standard InChI is InChI=1S/C12H25N3/c1-4-12(6-5-7-12)9-15-11(13)14-8-10(2)3/h10H,4-9H2,1-3H3,(H3,13,14,15). The van der Waals surface area contributed by atoms with Gasteiger partial charge in [0.15, 0.2) is 5.96 Å². The maximum absolute atomic E-state index is 5.80. The summed E-state index contributed by atoms with van der Waals surface area (Å²) in [7, 11) is 0. The number of nitrogens with two attached hydrogens (primary N) is 1. The van der Waals surface area contributed by atoms with Crippen molar-refractivity contribution in [2.75, 3.05) is 13.1 Å². The maximum atomic E-state index is 5.80. The summed E-state index contributed by atoms with van der Waals surface area (Å²) in [5, 5.41) is 3.15. The molecule has 0 heterocycles. The fourth-order valence-corrected chi connectivity index (χ4v) is 1.92. The van der Waals surface area contributed by atoms with E-state index in [2.05, 4.69) is 31.1 Å². The predicted octanol–water partition coefficient (Wildman–Crippen LogP) is 2.13. The van der Waals surface area contributed by atoms with E-state index in [-0.39, 0.29) is 0 Å². The molecule has 0 aliphatic heterocycles. The fraction of sp³-hybridized carbons (Fsp3) is 0.917. The van der Waals surface area contributed by atoms with Gasteiger partial charge in [0.25, 0.3) is 0 Å². The molecule has 15 heavy (non-hydrogen) atoms. The number of hydrogen-bond donors (Lipinski definition) is 2. The SMILES string of the molecule is CCC1(CN=C(N)NCC(C)C)CCC1. The molecule has 0 amide bonds. The second-order valence-electron chi connectivity index (χ2n) is 5.18. The van der Waals surface area contributed by atoms with Crippen LogP contribution in [-0.2, 0) is 0 Å². The van der Waals surface area contributed by atoms with Gasteiger partial charge in [0, 0.05) is 13.1 Å². The van der Waals surface area contributed by atoms with E-state index in [1.54, 1.807) is 0 Å². The topological polar surface area (TPSA) is 50.4 Å². The zero-order valence-electron chi connectivity index (χ0n) is 10.3. The summed E-state index contributed by atoms with van der Waals surface area (Å²) >= 11 is 0. The lowest BCUT2D eigenvalue weighted by Gasteiger charge is -2.40. The lowest BCUT2D eigenvalue weighted by Crippen LogP contribution is -2.37. The number of guanidine groups is 1. The average Bonchev–Trinajstić information content (AvgIpc) is 2.14. The molecular formula is C12H25N3. The molecule has 1 aliphatic rings. The van der Waals surface area contributed by atoms with Gasteiger partial charge in [-0.25, -0.2) is 0 Å². The summed E-state index contributed by atoms with van der Waals surface area (Å²) in [6.45, 7) is 8.40. The molecule has 0 aromatic carbocycles. The first-order valence-electron chi connectivity index (χ1n) is 6.12. The Balaban J connectivity index is 2.29. The Morgan fingerprint density at radius 3 is 2.53 bits per heavy atom. The molecule has 3 heteroatoms. The predicted molar refractivity (Wildman–Crippen MR) is 65.9 cm³/mol. The first kappa shape index (κ1) is 12.3. The van der Waals surface area contributed by atoms with Crippen molar-refractivity contribution in [2.45, 2.75) is 46.5 Å². The molecule has 0 unspecified atom stereocenters. The molecule has 88 valence electrons. The minimum atomic E-state index is 0.476. The molecule has 0 atom stereocenters. The highest BCUT2D eigenvalue weighted by Crippen LogP contribution is 2.43. The normalized spacial score (nSPS) is 20.1. The highest BCUT2D eigenvalue weighted by molar-refractivity contribution is 5.77. The van der Waals surface area contributed by atoms with E-state index >= 15 is 0 Å². The monoisotopic (exact) mass is 211 g/mol. The van der Waals surface area contributed by atoms with Crippen LogP contribution in [0, 0.1) is 11.3 Å². The van der Waals surface area contributed by atoms with Gasteiger partial charge in [-0.3, -0.25) is 4.99 Å². The van der Waals surface area contributed by atoms with E-state index in [0.29, 0.717) is 17.3 Å². The Morgan fingerprint density at radius 2 is 2.13 bits per heavy atom. The maximum Gasteiger partial charge on any atom is 0.188 e. The Morgan fingerprint density at radius 1 is 1.47 bits per heavy atom. The summed E-state index contributed by atoms with van der Waals surface area (Å²) in [6.07, 6.45) is 5.24. The zero-order chi connectivity index (χ0) is 11.3. The lowest BCUT2D eigenvalue weighted by molar-refractivity contribution is 0.139. The molecule has 1 aliphatic carbocycles. The summed E-state index contributed by atoms with van der Waals surface area (Å²) in [4.78, 5) is 4.44. The van der Waals surface area contributed by atoms with Crippen LogP contribution in [0.15, 0.2) is 4.99 Å². The van der Waals surface area contributed by atoms with Crippen LogP contribution in [-0.4, -0.2) is 19.0 Å². The summed E-state index contributed by atoms with van der Waals surface area (Å²) < 4.78 is 0. The van der Waals surface area contributed by atoms with Gasteiger partial charge in [-0.05, 0) is 30.6 Å². The lowest BCUT2D eigenvalue weighted by atomic mass is 9.67. The Hall–Kier alpha value is -0.730. The van der Waals surface area contributed by atoms with Crippen molar-refractivity contribution in [2.24, 2.45) is 22.1 Å². The fourth-order valence-electron chi connectivity index (χ4n) is 1.92. The molecule has 0 saturated heterocycles. The smallest absolute Gasteiger partial charge is 0.188 e. The second-order valence-corrected chi connectivity index (χ2v) is 5.18. The molecule has 1 rings (SSSR count). The molecule has 1 fully saturated rings. The molecule has 3 nitrogen and oxygen atoms in total. The van der Waals surface area contributed by atoms with E-state index in [0.717, 1.165) is 13.1 Å². The van der Waals surface area contributed by atoms with Gasteiger partial charge in [-0.1, -0.05) is 27.2 Å². The van der Waals surface area contributed by atoms with E-state index in [1.807, 2.05) is 0 Å². The van der Waals surface area contributed by atoms with Gasteiger partial charge in [0.05, 0.1) is 0 Å². The number of aliphatic imine (C=N–C) groups is 1. The van der Waals surface area contributed by atoms with Gasteiger partial charge < -0.3 is 11.1 Å². The van der Waals surface area contributed by atoms with Crippen LogP contribution in [0.1, 0.15) is 46.5 Å². The largest absolute Gasteiger partial charge is 0.370 e. The van der Waals surface area contributed by atoms with Crippen molar-refractivity contribution in [3.05, 3.63) is 0 Å². The van der Waals surface area contributed by atoms with Crippen LogP contribution in [0.25, 0.3) is 0 Å². The van der Waals surface area contributed by atoms with Gasteiger partial charge in [0.2, 0.25) is 0 Å².